The van der Waals surface area contributed by atoms with Crippen molar-refractivity contribution < 1.29 is 14.1 Å². The molecule has 1 heterocycles. The van der Waals surface area contributed by atoms with Gasteiger partial charge in [-0.05, 0) is 37.6 Å². The van der Waals surface area contributed by atoms with Gasteiger partial charge in [0.05, 0.1) is 6.54 Å². The fourth-order valence-corrected chi connectivity index (χ4v) is 2.52. The first-order chi connectivity index (χ1) is 12.5. The number of ether oxygens (including phenoxy) is 1. The molecule has 0 aliphatic rings. The summed E-state index contributed by atoms with van der Waals surface area (Å²) in [6.07, 6.45) is 0. The molecule has 1 amide bonds. The Kier molecular flexibility index (Phi) is 5.53. The van der Waals surface area contributed by atoms with Crippen LogP contribution in [0.15, 0.2) is 47.0 Å². The van der Waals surface area contributed by atoms with Crippen LogP contribution in [0.25, 0.3) is 11.4 Å². The molecule has 1 N–H and O–H groups in total. The number of halogens is 1. The number of nitrogens with zero attached hydrogens (tertiary/aromatic N) is 2. The maximum Gasteiger partial charge on any atom is 0.258 e. The highest BCUT2D eigenvalue weighted by Gasteiger charge is 2.10. The average molecular weight is 372 g/mol. The highest BCUT2D eigenvalue weighted by Crippen LogP contribution is 2.21. The lowest BCUT2D eigenvalue weighted by molar-refractivity contribution is -0.123. The van der Waals surface area contributed by atoms with Gasteiger partial charge < -0.3 is 14.6 Å². The Hall–Kier alpha value is -2.86. The van der Waals surface area contributed by atoms with Gasteiger partial charge in [-0.2, -0.15) is 4.98 Å². The van der Waals surface area contributed by atoms with Gasteiger partial charge in [-0.15, -0.1) is 0 Å². The van der Waals surface area contributed by atoms with E-state index in [0.29, 0.717) is 22.5 Å². The lowest BCUT2D eigenvalue weighted by Crippen LogP contribution is -2.28. The van der Waals surface area contributed by atoms with Crippen LogP contribution in [-0.4, -0.2) is 22.7 Å². The Labute approximate surface area is 156 Å². The second kappa shape index (κ2) is 8.01. The van der Waals surface area contributed by atoms with Crippen LogP contribution in [0, 0.1) is 13.8 Å². The Balaban J connectivity index is 1.51. The molecular formula is C19H18ClN3O3. The third-order valence-corrected chi connectivity index (χ3v) is 3.95. The zero-order valence-corrected chi connectivity index (χ0v) is 15.2. The minimum absolute atomic E-state index is 0.110. The van der Waals surface area contributed by atoms with Crippen LogP contribution < -0.4 is 10.1 Å². The maximum atomic E-state index is 11.9. The summed E-state index contributed by atoms with van der Waals surface area (Å²) in [6, 6.07) is 13.0. The summed E-state index contributed by atoms with van der Waals surface area (Å²) >= 11 is 5.89. The Morgan fingerprint density at radius 1 is 1.19 bits per heavy atom. The van der Waals surface area contributed by atoms with Crippen LogP contribution in [0.2, 0.25) is 5.02 Å². The van der Waals surface area contributed by atoms with Crippen molar-refractivity contribution in [1.29, 1.82) is 0 Å². The Morgan fingerprint density at radius 3 is 2.69 bits per heavy atom. The van der Waals surface area contributed by atoms with Crippen LogP contribution >= 0.6 is 11.6 Å². The van der Waals surface area contributed by atoms with E-state index >= 15 is 0 Å². The normalized spacial score (nSPS) is 10.6. The van der Waals surface area contributed by atoms with E-state index < -0.39 is 0 Å². The number of nitrogens with one attached hydrogen (secondary N) is 1. The molecule has 26 heavy (non-hydrogen) atoms. The van der Waals surface area contributed by atoms with Crippen molar-refractivity contribution in [3.63, 3.8) is 0 Å². The van der Waals surface area contributed by atoms with Crippen molar-refractivity contribution in [2.75, 3.05) is 6.61 Å². The SMILES string of the molecule is Cc1ccc(-c2noc(CNC(=O)COc3ccc(Cl)cc3C)n2)cc1. The van der Waals surface area contributed by atoms with Gasteiger partial charge in [0.2, 0.25) is 11.7 Å². The number of benzene rings is 2. The van der Waals surface area contributed by atoms with Crippen LogP contribution in [0.1, 0.15) is 17.0 Å². The predicted octanol–water partition coefficient (Wildman–Crippen LogP) is 3.70. The number of rotatable bonds is 6. The molecule has 0 unspecified atom stereocenters. The van der Waals surface area contributed by atoms with Gasteiger partial charge in [0.15, 0.2) is 6.61 Å². The molecule has 0 saturated heterocycles. The fraction of sp³-hybridized carbons (Fsp3) is 0.211. The second-order valence-electron chi connectivity index (χ2n) is 5.85. The Bertz CT molecular complexity index is 907. The monoisotopic (exact) mass is 371 g/mol. The van der Waals surface area contributed by atoms with Crippen LogP contribution in [0.4, 0.5) is 0 Å². The summed E-state index contributed by atoms with van der Waals surface area (Å²) < 4.78 is 10.7. The minimum atomic E-state index is -0.283. The van der Waals surface area contributed by atoms with E-state index in [1.54, 1.807) is 18.2 Å². The number of carbonyl (C=O) groups is 1. The molecule has 0 aliphatic heterocycles. The molecule has 0 aliphatic carbocycles. The van der Waals surface area contributed by atoms with Crippen LogP contribution in [0.5, 0.6) is 5.75 Å². The summed E-state index contributed by atoms with van der Waals surface area (Å²) in [7, 11) is 0. The van der Waals surface area contributed by atoms with E-state index in [2.05, 4.69) is 15.5 Å². The lowest BCUT2D eigenvalue weighted by Gasteiger charge is -2.09. The fourth-order valence-electron chi connectivity index (χ4n) is 2.29. The topological polar surface area (TPSA) is 77.2 Å². The lowest BCUT2D eigenvalue weighted by atomic mass is 10.1. The molecule has 0 atom stereocenters. The summed E-state index contributed by atoms with van der Waals surface area (Å²) in [6.45, 7) is 3.90. The summed E-state index contributed by atoms with van der Waals surface area (Å²) in [5.41, 5.74) is 2.88. The zero-order valence-electron chi connectivity index (χ0n) is 14.5. The standard InChI is InChI=1S/C19H18ClN3O3/c1-12-3-5-14(6-4-12)19-22-18(26-23-19)10-21-17(24)11-25-16-8-7-15(20)9-13(16)2/h3-9H,10-11H2,1-2H3,(H,21,24). The quantitative estimate of drug-likeness (QED) is 0.714. The van der Waals surface area contributed by atoms with Crippen molar-refractivity contribution in [2.24, 2.45) is 0 Å². The third kappa shape index (κ3) is 4.61. The number of aromatic nitrogens is 2. The highest BCUT2D eigenvalue weighted by atomic mass is 35.5. The maximum absolute atomic E-state index is 11.9. The molecule has 134 valence electrons. The largest absolute Gasteiger partial charge is 0.484 e. The molecule has 1 aromatic heterocycles. The Morgan fingerprint density at radius 2 is 1.96 bits per heavy atom. The zero-order chi connectivity index (χ0) is 18.5. The van der Waals surface area contributed by atoms with Crippen molar-refractivity contribution in [3.05, 3.63) is 64.5 Å². The van der Waals surface area contributed by atoms with E-state index in [0.717, 1.165) is 16.7 Å². The molecule has 0 bridgehead atoms. The van der Waals surface area contributed by atoms with E-state index in [-0.39, 0.29) is 19.1 Å². The van der Waals surface area contributed by atoms with Crippen LogP contribution in [-0.2, 0) is 11.3 Å². The van der Waals surface area contributed by atoms with E-state index in [1.807, 2.05) is 38.1 Å². The van der Waals surface area contributed by atoms with Gasteiger partial charge in [-0.25, -0.2) is 0 Å². The summed E-state index contributed by atoms with van der Waals surface area (Å²) in [5.74, 6) is 1.15. The van der Waals surface area contributed by atoms with Gasteiger partial charge in [0, 0.05) is 10.6 Å². The van der Waals surface area contributed by atoms with E-state index in [9.17, 15) is 4.79 Å². The predicted molar refractivity (Wildman–Crippen MR) is 98.0 cm³/mol. The molecule has 0 fully saturated rings. The number of hydrogen-bond acceptors (Lipinski definition) is 5. The summed E-state index contributed by atoms with van der Waals surface area (Å²) in [5, 5.41) is 7.24. The van der Waals surface area contributed by atoms with E-state index in [1.165, 1.54) is 0 Å². The van der Waals surface area contributed by atoms with Crippen molar-refractivity contribution in [2.45, 2.75) is 20.4 Å². The third-order valence-electron chi connectivity index (χ3n) is 3.71. The molecule has 2 aromatic carbocycles. The van der Waals surface area contributed by atoms with Gasteiger partial charge in [0.1, 0.15) is 5.75 Å². The second-order valence-corrected chi connectivity index (χ2v) is 6.29. The molecule has 7 heteroatoms. The minimum Gasteiger partial charge on any atom is -0.484 e. The smallest absolute Gasteiger partial charge is 0.258 e. The van der Waals surface area contributed by atoms with Gasteiger partial charge in [-0.3, -0.25) is 4.79 Å². The number of amides is 1. The summed E-state index contributed by atoms with van der Waals surface area (Å²) in [4.78, 5) is 16.2. The first-order valence-corrected chi connectivity index (χ1v) is 8.44. The first kappa shape index (κ1) is 17.9. The molecule has 0 spiro atoms. The molecule has 0 saturated carbocycles. The first-order valence-electron chi connectivity index (χ1n) is 8.06. The van der Waals surface area contributed by atoms with Crippen molar-refractivity contribution >= 4 is 17.5 Å². The molecule has 3 aromatic rings. The average Bonchev–Trinajstić information content (AvgIpc) is 3.09. The van der Waals surface area contributed by atoms with Crippen LogP contribution in [0.3, 0.4) is 0 Å². The molecule has 3 rings (SSSR count). The van der Waals surface area contributed by atoms with Crippen molar-refractivity contribution in [1.82, 2.24) is 15.5 Å². The highest BCUT2D eigenvalue weighted by molar-refractivity contribution is 6.30. The van der Waals surface area contributed by atoms with Gasteiger partial charge in [-0.1, -0.05) is 46.6 Å². The van der Waals surface area contributed by atoms with E-state index in [4.69, 9.17) is 20.9 Å². The molecular weight excluding hydrogens is 354 g/mol. The number of hydrogen-bond donors (Lipinski definition) is 1. The number of aryl methyl sites for hydroxylation is 2. The van der Waals surface area contributed by atoms with Crippen molar-refractivity contribution in [3.8, 4) is 17.1 Å². The van der Waals surface area contributed by atoms with Gasteiger partial charge in [0.25, 0.3) is 5.91 Å². The van der Waals surface area contributed by atoms with Gasteiger partial charge >= 0.3 is 0 Å². The molecule has 6 nitrogen and oxygen atoms in total. The molecule has 0 radical (unpaired) electrons. The number of carbonyl (C=O) groups excluding carboxylic acids is 1.